The van der Waals surface area contributed by atoms with E-state index in [1.54, 1.807) is 44.6 Å². The molecule has 0 saturated heterocycles. The summed E-state index contributed by atoms with van der Waals surface area (Å²) in [5, 5.41) is 4.25. The fourth-order valence-corrected chi connectivity index (χ4v) is 3.79. The van der Waals surface area contributed by atoms with Gasteiger partial charge in [-0.2, -0.15) is 0 Å². The number of halogens is 1. The van der Waals surface area contributed by atoms with Crippen LogP contribution in [0.2, 0.25) is 0 Å². The molecule has 1 unspecified atom stereocenters. The number of benzene rings is 3. The second kappa shape index (κ2) is 10.3. The van der Waals surface area contributed by atoms with Crippen molar-refractivity contribution in [2.24, 2.45) is 5.16 Å². The van der Waals surface area contributed by atoms with Gasteiger partial charge < -0.3 is 28.5 Å². The van der Waals surface area contributed by atoms with Gasteiger partial charge in [0.15, 0.2) is 29.1 Å². The first-order valence-corrected chi connectivity index (χ1v) is 10.7. The van der Waals surface area contributed by atoms with E-state index in [1.165, 1.54) is 32.4 Å². The summed E-state index contributed by atoms with van der Waals surface area (Å²) in [7, 11) is 6.08. The van der Waals surface area contributed by atoms with Gasteiger partial charge in [0.1, 0.15) is 5.82 Å². The Hall–Kier alpha value is -4.27. The van der Waals surface area contributed by atoms with Crippen LogP contribution in [0.15, 0.2) is 59.8 Å². The van der Waals surface area contributed by atoms with Crippen LogP contribution in [0.3, 0.4) is 0 Å². The number of carbonyl (C=O) groups excluding carboxylic acids is 1. The van der Waals surface area contributed by atoms with Crippen LogP contribution in [0.5, 0.6) is 28.7 Å². The Bertz CT molecular complexity index is 1270. The van der Waals surface area contributed by atoms with Gasteiger partial charge in [-0.25, -0.2) is 9.18 Å². The van der Waals surface area contributed by atoms with Crippen LogP contribution in [0.1, 0.15) is 34.0 Å². The van der Waals surface area contributed by atoms with Gasteiger partial charge in [-0.1, -0.05) is 23.4 Å². The van der Waals surface area contributed by atoms with Crippen molar-refractivity contribution in [1.82, 2.24) is 0 Å². The lowest BCUT2D eigenvalue weighted by Crippen LogP contribution is -2.11. The van der Waals surface area contributed by atoms with Gasteiger partial charge in [0.25, 0.3) is 0 Å². The van der Waals surface area contributed by atoms with E-state index >= 15 is 0 Å². The third-order valence-corrected chi connectivity index (χ3v) is 5.54. The molecule has 0 saturated carbocycles. The molecule has 0 amide bonds. The number of methoxy groups -OCH3 is 4. The van der Waals surface area contributed by atoms with E-state index in [9.17, 15) is 9.18 Å². The zero-order valence-corrected chi connectivity index (χ0v) is 19.7. The van der Waals surface area contributed by atoms with Crippen molar-refractivity contribution in [3.05, 3.63) is 77.1 Å². The average molecular weight is 481 g/mol. The van der Waals surface area contributed by atoms with Crippen LogP contribution in [0.4, 0.5) is 4.39 Å². The Labute approximate surface area is 201 Å². The molecule has 3 aromatic carbocycles. The normalized spacial score (nSPS) is 14.5. The van der Waals surface area contributed by atoms with E-state index in [1.807, 2.05) is 6.07 Å². The first-order chi connectivity index (χ1) is 17.0. The molecule has 9 heteroatoms. The molecule has 8 nitrogen and oxygen atoms in total. The zero-order valence-electron chi connectivity index (χ0n) is 19.7. The summed E-state index contributed by atoms with van der Waals surface area (Å²) in [6.45, 7) is 0. The summed E-state index contributed by atoms with van der Waals surface area (Å²) in [6.07, 6.45) is 0.0385. The highest BCUT2D eigenvalue weighted by Gasteiger charge is 2.29. The van der Waals surface area contributed by atoms with Gasteiger partial charge in [-0.3, -0.25) is 0 Å². The minimum atomic E-state index is -0.822. The highest BCUT2D eigenvalue weighted by molar-refractivity contribution is 6.04. The van der Waals surface area contributed by atoms with Gasteiger partial charge in [0, 0.05) is 12.0 Å². The Morgan fingerprint density at radius 1 is 0.886 bits per heavy atom. The van der Waals surface area contributed by atoms with E-state index < -0.39 is 17.9 Å². The Balaban J connectivity index is 1.54. The smallest absolute Gasteiger partial charge is 0.346 e. The Kier molecular flexibility index (Phi) is 7.05. The molecule has 0 spiro atoms. The van der Waals surface area contributed by atoms with Crippen molar-refractivity contribution in [1.29, 1.82) is 0 Å². The Morgan fingerprint density at radius 3 is 2.29 bits per heavy atom. The van der Waals surface area contributed by atoms with Gasteiger partial charge in [-0.05, 0) is 42.0 Å². The van der Waals surface area contributed by atoms with Crippen molar-refractivity contribution in [3.8, 4) is 28.7 Å². The molecule has 1 aliphatic rings. The average Bonchev–Trinajstić information content (AvgIpc) is 3.38. The van der Waals surface area contributed by atoms with E-state index in [-0.39, 0.29) is 11.3 Å². The summed E-state index contributed by atoms with van der Waals surface area (Å²) < 4.78 is 41.1. The largest absolute Gasteiger partial charge is 0.493 e. The maximum Gasteiger partial charge on any atom is 0.346 e. The molecular weight excluding hydrogens is 457 g/mol. The SMILES string of the molecule is COc1cc(C2CC(c3ccc(OC)c(OC)c3OC)=NO2)ccc1OC(=O)c1ccccc1F. The van der Waals surface area contributed by atoms with Crippen molar-refractivity contribution in [2.45, 2.75) is 12.5 Å². The predicted octanol–water partition coefficient (Wildman–Crippen LogP) is 4.95. The van der Waals surface area contributed by atoms with Crippen molar-refractivity contribution in [2.75, 3.05) is 28.4 Å². The lowest BCUT2D eigenvalue weighted by molar-refractivity contribution is 0.0723. The summed E-state index contributed by atoms with van der Waals surface area (Å²) in [4.78, 5) is 18.1. The highest BCUT2D eigenvalue weighted by Crippen LogP contribution is 2.43. The van der Waals surface area contributed by atoms with E-state index in [0.717, 1.165) is 11.1 Å². The molecular formula is C26H24FNO7. The lowest BCUT2D eigenvalue weighted by atomic mass is 9.99. The first-order valence-electron chi connectivity index (χ1n) is 10.7. The van der Waals surface area contributed by atoms with E-state index in [2.05, 4.69) is 5.16 Å². The number of rotatable bonds is 8. The second-order valence-electron chi connectivity index (χ2n) is 7.50. The van der Waals surface area contributed by atoms with E-state index in [4.69, 9.17) is 28.5 Å². The lowest BCUT2D eigenvalue weighted by Gasteiger charge is -2.15. The van der Waals surface area contributed by atoms with Gasteiger partial charge in [0.2, 0.25) is 5.75 Å². The summed E-state index contributed by atoms with van der Waals surface area (Å²) in [6, 6.07) is 14.2. The van der Waals surface area contributed by atoms with Gasteiger partial charge in [-0.15, -0.1) is 0 Å². The first kappa shape index (κ1) is 23.9. The molecule has 0 aromatic heterocycles. The van der Waals surface area contributed by atoms with Crippen molar-refractivity contribution < 1.29 is 37.7 Å². The molecule has 1 heterocycles. The molecule has 4 rings (SSSR count). The predicted molar refractivity (Wildman–Crippen MR) is 125 cm³/mol. The minimum Gasteiger partial charge on any atom is -0.493 e. The number of carbonyl (C=O) groups is 1. The van der Waals surface area contributed by atoms with Crippen LogP contribution in [0, 0.1) is 5.82 Å². The van der Waals surface area contributed by atoms with Crippen LogP contribution in [0.25, 0.3) is 0 Å². The standard InChI is InChI=1S/C26H24FNO7/c1-30-21-12-10-17(24(32-3)25(21)33-4)19-14-22(35-28-19)15-9-11-20(23(13-15)31-2)34-26(29)16-7-5-6-8-18(16)27/h5-13,22H,14H2,1-4H3. The van der Waals surface area contributed by atoms with E-state index in [0.29, 0.717) is 35.1 Å². The summed E-state index contributed by atoms with van der Waals surface area (Å²) >= 11 is 0. The van der Waals surface area contributed by atoms with Crippen LogP contribution in [-0.2, 0) is 4.84 Å². The minimum absolute atomic E-state index is 0.158. The van der Waals surface area contributed by atoms with Gasteiger partial charge >= 0.3 is 5.97 Å². The number of oxime groups is 1. The maximum absolute atomic E-state index is 13.9. The summed E-state index contributed by atoms with van der Waals surface area (Å²) in [5.74, 6) is 0.455. The molecule has 182 valence electrons. The monoisotopic (exact) mass is 481 g/mol. The van der Waals surface area contributed by atoms with Crippen LogP contribution < -0.4 is 23.7 Å². The number of hydrogen-bond acceptors (Lipinski definition) is 8. The maximum atomic E-state index is 13.9. The second-order valence-corrected chi connectivity index (χ2v) is 7.50. The molecule has 0 aliphatic carbocycles. The quantitative estimate of drug-likeness (QED) is 0.333. The third kappa shape index (κ3) is 4.70. The van der Waals surface area contributed by atoms with Crippen molar-refractivity contribution in [3.63, 3.8) is 0 Å². The molecule has 0 N–H and O–H groups in total. The number of esters is 1. The number of hydrogen-bond donors (Lipinski definition) is 0. The zero-order chi connectivity index (χ0) is 24.9. The number of ether oxygens (including phenoxy) is 5. The highest BCUT2D eigenvalue weighted by atomic mass is 19.1. The molecule has 3 aromatic rings. The topological polar surface area (TPSA) is 84.8 Å². The molecule has 1 atom stereocenters. The molecule has 1 aliphatic heterocycles. The third-order valence-electron chi connectivity index (χ3n) is 5.54. The fraction of sp³-hybridized carbons (Fsp3) is 0.231. The molecule has 35 heavy (non-hydrogen) atoms. The van der Waals surface area contributed by atoms with Crippen LogP contribution >= 0.6 is 0 Å². The van der Waals surface area contributed by atoms with Crippen molar-refractivity contribution >= 4 is 11.7 Å². The molecule has 0 fully saturated rings. The Morgan fingerprint density at radius 2 is 1.60 bits per heavy atom. The fourth-order valence-electron chi connectivity index (χ4n) is 3.79. The van der Waals surface area contributed by atoms with Crippen LogP contribution in [-0.4, -0.2) is 40.1 Å². The van der Waals surface area contributed by atoms with Gasteiger partial charge in [0.05, 0.1) is 39.7 Å². The summed E-state index contributed by atoms with van der Waals surface area (Å²) in [5.41, 5.74) is 1.97. The number of nitrogens with zero attached hydrogens (tertiary/aromatic N) is 1. The molecule has 0 radical (unpaired) electrons. The molecule has 0 bridgehead atoms.